The number of hydrogen-bond donors (Lipinski definition) is 0. The van der Waals surface area contributed by atoms with Crippen LogP contribution in [0, 0.1) is 6.92 Å². The Morgan fingerprint density at radius 2 is 1.96 bits per heavy atom. The highest BCUT2D eigenvalue weighted by Crippen LogP contribution is 2.46. The topological polar surface area (TPSA) is 48.0 Å². The van der Waals surface area contributed by atoms with Crippen LogP contribution in [0.4, 0.5) is 5.69 Å². The van der Waals surface area contributed by atoms with Crippen LogP contribution in [0.5, 0.6) is 5.75 Å². The Balaban J connectivity index is 1.48. The predicted octanol–water partition coefficient (Wildman–Crippen LogP) is 4.16. The molecular formula is C21H22BrNO4. The summed E-state index contributed by atoms with van der Waals surface area (Å²) in [6.07, 6.45) is 1.51. The molecule has 1 fully saturated rings. The van der Waals surface area contributed by atoms with Gasteiger partial charge in [-0.3, -0.25) is 4.79 Å². The molecule has 0 saturated carbocycles. The summed E-state index contributed by atoms with van der Waals surface area (Å²) < 4.78 is 18.5. The molecule has 0 aromatic heterocycles. The lowest BCUT2D eigenvalue weighted by Gasteiger charge is -2.32. The molecule has 6 heteroatoms. The lowest BCUT2D eigenvalue weighted by molar-refractivity contribution is -0.256. The van der Waals surface area contributed by atoms with Crippen molar-refractivity contribution in [3.8, 4) is 5.75 Å². The number of carbonyl (C=O) groups excluding carboxylic acids is 1. The van der Waals surface area contributed by atoms with Crippen LogP contribution in [0.15, 0.2) is 46.9 Å². The van der Waals surface area contributed by atoms with Crippen molar-refractivity contribution in [2.24, 2.45) is 0 Å². The van der Waals surface area contributed by atoms with E-state index in [2.05, 4.69) is 15.9 Å². The smallest absolute Gasteiger partial charge is 0.292 e. The summed E-state index contributed by atoms with van der Waals surface area (Å²) in [4.78, 5) is 14.9. The number of hydrogen-bond acceptors (Lipinski definition) is 4. The van der Waals surface area contributed by atoms with Crippen molar-refractivity contribution in [1.82, 2.24) is 0 Å². The average Bonchev–Trinajstić information content (AvgIpc) is 2.89. The quantitative estimate of drug-likeness (QED) is 0.666. The number of carbonyl (C=O) groups is 1. The summed E-state index contributed by atoms with van der Waals surface area (Å²) in [5.41, 5.74) is 2.73. The van der Waals surface area contributed by atoms with Crippen molar-refractivity contribution in [3.63, 3.8) is 0 Å². The van der Waals surface area contributed by atoms with Gasteiger partial charge in [0.2, 0.25) is 0 Å². The molecule has 2 aromatic rings. The van der Waals surface area contributed by atoms with Gasteiger partial charge in [0, 0.05) is 16.6 Å². The Morgan fingerprint density at radius 1 is 1.19 bits per heavy atom. The van der Waals surface area contributed by atoms with E-state index in [1.807, 2.05) is 49.4 Å². The van der Waals surface area contributed by atoms with E-state index >= 15 is 0 Å². The van der Waals surface area contributed by atoms with E-state index in [-0.39, 0.29) is 5.91 Å². The normalized spacial score (nSPS) is 18.0. The molecule has 0 bridgehead atoms. The fourth-order valence-corrected chi connectivity index (χ4v) is 3.93. The third-order valence-electron chi connectivity index (χ3n) is 4.91. The summed E-state index contributed by atoms with van der Waals surface area (Å²) in [5.74, 6) is -0.565. The summed E-state index contributed by atoms with van der Waals surface area (Å²) in [6.45, 7) is 4.14. The summed E-state index contributed by atoms with van der Waals surface area (Å²) >= 11 is 3.49. The number of halogens is 1. The van der Waals surface area contributed by atoms with Crippen LogP contribution in [0.25, 0.3) is 0 Å². The maximum absolute atomic E-state index is 13.2. The molecule has 5 nitrogen and oxygen atoms in total. The van der Waals surface area contributed by atoms with Crippen molar-refractivity contribution in [1.29, 1.82) is 0 Å². The van der Waals surface area contributed by atoms with Gasteiger partial charge in [-0.15, -0.1) is 0 Å². The lowest BCUT2D eigenvalue weighted by atomic mass is 10.1. The molecule has 27 heavy (non-hydrogen) atoms. The second-order valence-corrected chi connectivity index (χ2v) is 7.67. The SMILES string of the molecule is Cc1ccccc1OCCCN1C(=O)C2(OCCCO2)c2cc(Br)ccc21. The monoisotopic (exact) mass is 431 g/mol. The fourth-order valence-electron chi connectivity index (χ4n) is 3.57. The number of aryl methyl sites for hydroxylation is 1. The third-order valence-corrected chi connectivity index (χ3v) is 5.40. The molecule has 0 N–H and O–H groups in total. The van der Waals surface area contributed by atoms with E-state index in [4.69, 9.17) is 14.2 Å². The highest BCUT2D eigenvalue weighted by molar-refractivity contribution is 9.10. The van der Waals surface area contributed by atoms with Gasteiger partial charge in [-0.25, -0.2) is 0 Å². The minimum atomic E-state index is -1.30. The lowest BCUT2D eigenvalue weighted by Crippen LogP contribution is -2.47. The Hall–Kier alpha value is -1.89. The zero-order valence-electron chi connectivity index (χ0n) is 15.2. The van der Waals surface area contributed by atoms with E-state index in [9.17, 15) is 4.79 Å². The van der Waals surface area contributed by atoms with Gasteiger partial charge >= 0.3 is 0 Å². The molecule has 0 aliphatic carbocycles. The molecule has 0 unspecified atom stereocenters. The van der Waals surface area contributed by atoms with Gasteiger partial charge in [0.05, 0.1) is 25.5 Å². The molecular weight excluding hydrogens is 410 g/mol. The summed E-state index contributed by atoms with van der Waals surface area (Å²) in [5, 5.41) is 0. The first kappa shape index (κ1) is 18.5. The van der Waals surface area contributed by atoms with E-state index in [1.54, 1.807) is 4.90 Å². The minimum Gasteiger partial charge on any atom is -0.493 e. The molecule has 2 heterocycles. The van der Waals surface area contributed by atoms with Crippen LogP contribution in [0.1, 0.15) is 24.0 Å². The van der Waals surface area contributed by atoms with Gasteiger partial charge in [-0.1, -0.05) is 34.1 Å². The standard InChI is InChI=1S/C21H22BrNO4/c1-15-6-2-3-7-19(15)25-11-4-10-23-18-9-8-16(22)14-17(18)21(20(23)24)26-12-5-13-27-21/h2-3,6-9,14H,4-5,10-13H2,1H3. The van der Waals surface area contributed by atoms with Crippen molar-refractivity contribution in [2.45, 2.75) is 25.6 Å². The maximum Gasteiger partial charge on any atom is 0.292 e. The van der Waals surface area contributed by atoms with Crippen molar-refractivity contribution in [2.75, 3.05) is 31.3 Å². The van der Waals surface area contributed by atoms with E-state index in [0.717, 1.165) is 33.5 Å². The Labute approximate surface area is 167 Å². The molecule has 2 aromatic carbocycles. The number of rotatable bonds is 5. The van der Waals surface area contributed by atoms with E-state index < -0.39 is 5.79 Å². The van der Waals surface area contributed by atoms with Gasteiger partial charge in [-0.2, -0.15) is 0 Å². The van der Waals surface area contributed by atoms with Gasteiger partial charge in [0.15, 0.2) is 0 Å². The number of anilines is 1. The first-order valence-corrected chi connectivity index (χ1v) is 9.99. The Morgan fingerprint density at radius 3 is 2.74 bits per heavy atom. The van der Waals surface area contributed by atoms with Crippen LogP contribution < -0.4 is 9.64 Å². The predicted molar refractivity (Wildman–Crippen MR) is 106 cm³/mol. The van der Waals surface area contributed by atoms with Gasteiger partial charge in [0.25, 0.3) is 11.7 Å². The second-order valence-electron chi connectivity index (χ2n) is 6.75. The zero-order valence-corrected chi connectivity index (χ0v) is 16.8. The maximum atomic E-state index is 13.2. The molecule has 1 amide bonds. The summed E-state index contributed by atoms with van der Waals surface area (Å²) in [6, 6.07) is 13.7. The molecule has 0 radical (unpaired) electrons. The first-order valence-electron chi connectivity index (χ1n) is 9.20. The van der Waals surface area contributed by atoms with Crippen LogP contribution >= 0.6 is 15.9 Å². The van der Waals surface area contributed by atoms with E-state index in [1.165, 1.54) is 0 Å². The number of ether oxygens (including phenoxy) is 3. The van der Waals surface area contributed by atoms with Crippen molar-refractivity contribution < 1.29 is 19.0 Å². The molecule has 1 saturated heterocycles. The van der Waals surface area contributed by atoms with Crippen molar-refractivity contribution in [3.05, 3.63) is 58.1 Å². The molecule has 2 aliphatic rings. The minimum absolute atomic E-state index is 0.147. The number of fused-ring (bicyclic) bond motifs is 2. The number of benzene rings is 2. The zero-order chi connectivity index (χ0) is 18.9. The van der Waals surface area contributed by atoms with Crippen LogP contribution in [0.3, 0.4) is 0 Å². The Kier molecular flexibility index (Phi) is 5.21. The third kappa shape index (κ3) is 3.37. The molecule has 142 valence electrons. The van der Waals surface area contributed by atoms with Gasteiger partial charge < -0.3 is 19.1 Å². The molecule has 2 aliphatic heterocycles. The Bertz CT molecular complexity index is 848. The highest BCUT2D eigenvalue weighted by Gasteiger charge is 2.54. The highest BCUT2D eigenvalue weighted by atomic mass is 79.9. The van der Waals surface area contributed by atoms with Gasteiger partial charge in [0.1, 0.15) is 5.75 Å². The fraction of sp³-hybridized carbons (Fsp3) is 0.381. The van der Waals surface area contributed by atoms with Crippen LogP contribution in [-0.2, 0) is 20.1 Å². The van der Waals surface area contributed by atoms with Crippen molar-refractivity contribution >= 4 is 27.5 Å². The molecule has 0 atom stereocenters. The average molecular weight is 432 g/mol. The van der Waals surface area contributed by atoms with Crippen LogP contribution in [-0.4, -0.2) is 32.3 Å². The number of amides is 1. The summed E-state index contributed by atoms with van der Waals surface area (Å²) in [7, 11) is 0. The molecule has 1 spiro atoms. The van der Waals surface area contributed by atoms with Crippen LogP contribution in [0.2, 0.25) is 0 Å². The molecule has 4 rings (SSSR count). The van der Waals surface area contributed by atoms with E-state index in [0.29, 0.717) is 32.8 Å². The first-order chi connectivity index (χ1) is 13.1. The van der Waals surface area contributed by atoms with Gasteiger partial charge in [-0.05, 0) is 49.6 Å². The number of para-hydroxylation sites is 1. The second kappa shape index (κ2) is 7.62. The largest absolute Gasteiger partial charge is 0.493 e. The number of nitrogens with zero attached hydrogens (tertiary/aromatic N) is 1.